The largest absolute Gasteiger partial charge is 0.455 e. The first-order valence-electron chi connectivity index (χ1n) is 6.89. The van der Waals surface area contributed by atoms with E-state index in [0.29, 0.717) is 6.54 Å². The summed E-state index contributed by atoms with van der Waals surface area (Å²) in [4.78, 5) is 34.7. The summed E-state index contributed by atoms with van der Waals surface area (Å²) in [6.45, 7) is 3.43. The minimum atomic E-state index is -0.669. The first-order valence-corrected chi connectivity index (χ1v) is 7.68. The molecule has 120 valence electrons. The molecule has 1 aromatic carbocycles. The van der Waals surface area contributed by atoms with Crippen LogP contribution in [0.3, 0.4) is 0 Å². The summed E-state index contributed by atoms with van der Waals surface area (Å²) in [6.07, 6.45) is 0.0897. The van der Waals surface area contributed by atoms with Crippen LogP contribution < -0.4 is 10.6 Å². The number of hydrogen-bond donors (Lipinski definition) is 2. The molecule has 2 N–H and O–H groups in total. The SMILES string of the molecule is CCNC(=O)[C@@H](C)NC(=O)COC(=O)Cc1ccc(Br)cc1. The Kier molecular flexibility index (Phi) is 7.59. The van der Waals surface area contributed by atoms with Crippen LogP contribution in [0, 0.1) is 0 Å². The monoisotopic (exact) mass is 370 g/mol. The molecule has 2 amide bonds. The molecule has 0 heterocycles. The average Bonchev–Trinajstić information content (AvgIpc) is 2.48. The molecule has 1 atom stereocenters. The van der Waals surface area contributed by atoms with Gasteiger partial charge in [0.05, 0.1) is 6.42 Å². The van der Waals surface area contributed by atoms with Gasteiger partial charge in [0.1, 0.15) is 6.04 Å². The predicted molar refractivity (Wildman–Crippen MR) is 85.1 cm³/mol. The predicted octanol–water partition coefficient (Wildman–Crippen LogP) is 1.18. The lowest BCUT2D eigenvalue weighted by Crippen LogP contribution is -2.46. The minimum Gasteiger partial charge on any atom is -0.455 e. The van der Waals surface area contributed by atoms with Gasteiger partial charge in [-0.15, -0.1) is 0 Å². The third-order valence-corrected chi connectivity index (χ3v) is 3.28. The highest BCUT2D eigenvalue weighted by Crippen LogP contribution is 2.11. The van der Waals surface area contributed by atoms with Crippen LogP contribution in [-0.2, 0) is 25.5 Å². The molecule has 0 aliphatic carbocycles. The Morgan fingerprint density at radius 3 is 2.45 bits per heavy atom. The first-order chi connectivity index (χ1) is 10.4. The number of halogens is 1. The number of esters is 1. The van der Waals surface area contributed by atoms with Crippen molar-refractivity contribution >= 4 is 33.7 Å². The van der Waals surface area contributed by atoms with E-state index in [1.807, 2.05) is 12.1 Å². The maximum absolute atomic E-state index is 11.6. The molecule has 6 nitrogen and oxygen atoms in total. The third kappa shape index (κ3) is 6.71. The Hall–Kier alpha value is -1.89. The van der Waals surface area contributed by atoms with E-state index in [-0.39, 0.29) is 12.3 Å². The second-order valence-electron chi connectivity index (χ2n) is 4.65. The van der Waals surface area contributed by atoms with E-state index in [2.05, 4.69) is 26.6 Å². The number of benzene rings is 1. The molecular formula is C15H19BrN2O4. The van der Waals surface area contributed by atoms with Crippen LogP contribution in [0.2, 0.25) is 0 Å². The zero-order valence-corrected chi connectivity index (χ0v) is 14.1. The molecule has 0 spiro atoms. The Balaban J connectivity index is 2.32. The van der Waals surface area contributed by atoms with Crippen molar-refractivity contribution in [1.29, 1.82) is 0 Å². The van der Waals surface area contributed by atoms with Gasteiger partial charge in [-0.3, -0.25) is 14.4 Å². The van der Waals surface area contributed by atoms with Crippen LogP contribution in [0.15, 0.2) is 28.7 Å². The van der Waals surface area contributed by atoms with Gasteiger partial charge >= 0.3 is 5.97 Å². The molecule has 0 aliphatic rings. The highest BCUT2D eigenvalue weighted by molar-refractivity contribution is 9.10. The fourth-order valence-corrected chi connectivity index (χ4v) is 1.91. The summed E-state index contributed by atoms with van der Waals surface area (Å²) < 4.78 is 5.80. The number of carbonyl (C=O) groups is 3. The third-order valence-electron chi connectivity index (χ3n) is 2.75. The van der Waals surface area contributed by atoms with Gasteiger partial charge in [0.25, 0.3) is 5.91 Å². The van der Waals surface area contributed by atoms with Gasteiger partial charge in [0.15, 0.2) is 6.61 Å². The summed E-state index contributed by atoms with van der Waals surface area (Å²) >= 11 is 3.31. The Bertz CT molecular complexity index is 531. The average molecular weight is 371 g/mol. The zero-order chi connectivity index (χ0) is 16.5. The Morgan fingerprint density at radius 2 is 1.86 bits per heavy atom. The van der Waals surface area contributed by atoms with Crippen molar-refractivity contribution < 1.29 is 19.1 Å². The van der Waals surface area contributed by atoms with Gasteiger partial charge in [-0.25, -0.2) is 0 Å². The lowest BCUT2D eigenvalue weighted by molar-refractivity contribution is -0.148. The van der Waals surface area contributed by atoms with Crippen molar-refractivity contribution in [1.82, 2.24) is 10.6 Å². The van der Waals surface area contributed by atoms with Gasteiger partial charge in [-0.2, -0.15) is 0 Å². The second kappa shape index (κ2) is 9.19. The maximum atomic E-state index is 11.6. The molecule has 22 heavy (non-hydrogen) atoms. The van der Waals surface area contributed by atoms with Gasteiger partial charge in [-0.1, -0.05) is 28.1 Å². The molecule has 1 aromatic rings. The first kappa shape index (κ1) is 18.2. The summed E-state index contributed by atoms with van der Waals surface area (Å²) in [5, 5.41) is 5.04. The van der Waals surface area contributed by atoms with Crippen LogP contribution in [0.5, 0.6) is 0 Å². The Labute approximate surface area is 137 Å². The number of likely N-dealkylation sites (N-methyl/N-ethyl adjacent to an activating group) is 1. The molecule has 0 unspecified atom stereocenters. The van der Waals surface area contributed by atoms with E-state index >= 15 is 0 Å². The maximum Gasteiger partial charge on any atom is 0.310 e. The van der Waals surface area contributed by atoms with Crippen molar-refractivity contribution in [2.75, 3.05) is 13.2 Å². The van der Waals surface area contributed by atoms with E-state index in [9.17, 15) is 14.4 Å². The smallest absolute Gasteiger partial charge is 0.310 e. The quantitative estimate of drug-likeness (QED) is 0.705. The number of hydrogen-bond acceptors (Lipinski definition) is 4. The van der Waals surface area contributed by atoms with E-state index in [4.69, 9.17) is 4.74 Å². The van der Waals surface area contributed by atoms with E-state index in [1.165, 1.54) is 0 Å². The van der Waals surface area contributed by atoms with Crippen LogP contribution in [0.25, 0.3) is 0 Å². The molecule has 0 bridgehead atoms. The van der Waals surface area contributed by atoms with Crippen molar-refractivity contribution in [3.05, 3.63) is 34.3 Å². The van der Waals surface area contributed by atoms with Crippen LogP contribution in [-0.4, -0.2) is 37.0 Å². The van der Waals surface area contributed by atoms with Gasteiger partial charge in [-0.05, 0) is 31.5 Å². The van der Waals surface area contributed by atoms with Crippen LogP contribution >= 0.6 is 15.9 Å². The van der Waals surface area contributed by atoms with E-state index < -0.39 is 24.5 Å². The molecule has 1 rings (SSSR count). The minimum absolute atomic E-state index is 0.0897. The highest BCUT2D eigenvalue weighted by atomic mass is 79.9. The molecular weight excluding hydrogens is 352 g/mol. The number of ether oxygens (including phenoxy) is 1. The molecule has 0 saturated carbocycles. The van der Waals surface area contributed by atoms with Crippen molar-refractivity contribution in [2.45, 2.75) is 26.3 Å². The molecule has 0 radical (unpaired) electrons. The lowest BCUT2D eigenvalue weighted by atomic mass is 10.2. The number of amides is 2. The fraction of sp³-hybridized carbons (Fsp3) is 0.400. The van der Waals surface area contributed by atoms with Gasteiger partial charge in [0.2, 0.25) is 5.91 Å². The Morgan fingerprint density at radius 1 is 1.23 bits per heavy atom. The van der Waals surface area contributed by atoms with Crippen molar-refractivity contribution in [2.24, 2.45) is 0 Å². The summed E-state index contributed by atoms with van der Waals surface area (Å²) in [6, 6.07) is 6.57. The molecule has 0 saturated heterocycles. The summed E-state index contributed by atoms with van der Waals surface area (Å²) in [5.41, 5.74) is 0.796. The highest BCUT2D eigenvalue weighted by Gasteiger charge is 2.15. The van der Waals surface area contributed by atoms with Crippen LogP contribution in [0.4, 0.5) is 0 Å². The van der Waals surface area contributed by atoms with Gasteiger partial charge < -0.3 is 15.4 Å². The number of rotatable bonds is 7. The van der Waals surface area contributed by atoms with E-state index in [1.54, 1.807) is 26.0 Å². The van der Waals surface area contributed by atoms with Crippen molar-refractivity contribution in [3.63, 3.8) is 0 Å². The molecule has 0 fully saturated rings. The lowest BCUT2D eigenvalue weighted by Gasteiger charge is -2.13. The number of carbonyl (C=O) groups excluding carboxylic acids is 3. The summed E-state index contributed by atoms with van der Waals surface area (Å²) in [5.74, 6) is -1.29. The van der Waals surface area contributed by atoms with Gasteiger partial charge in [0, 0.05) is 11.0 Å². The molecule has 0 aliphatic heterocycles. The number of nitrogens with one attached hydrogen (secondary N) is 2. The van der Waals surface area contributed by atoms with E-state index in [0.717, 1.165) is 10.0 Å². The zero-order valence-electron chi connectivity index (χ0n) is 12.5. The summed E-state index contributed by atoms with van der Waals surface area (Å²) in [7, 11) is 0. The normalized spacial score (nSPS) is 11.4. The molecule has 0 aromatic heterocycles. The van der Waals surface area contributed by atoms with Crippen molar-refractivity contribution in [3.8, 4) is 0 Å². The van der Waals surface area contributed by atoms with Crippen LogP contribution in [0.1, 0.15) is 19.4 Å². The topological polar surface area (TPSA) is 84.5 Å². The second-order valence-corrected chi connectivity index (χ2v) is 5.56. The fourth-order valence-electron chi connectivity index (χ4n) is 1.64. The standard InChI is InChI=1S/C15H19BrN2O4/c1-3-17-15(21)10(2)18-13(19)9-22-14(20)8-11-4-6-12(16)7-5-11/h4-7,10H,3,8-9H2,1-2H3,(H,17,21)(H,18,19)/t10-/m1/s1. The molecule has 7 heteroatoms.